The van der Waals surface area contributed by atoms with Crippen LogP contribution < -0.4 is 0 Å². The summed E-state index contributed by atoms with van der Waals surface area (Å²) >= 11 is 0. The van der Waals surface area contributed by atoms with Gasteiger partial charge in [0, 0.05) is 116 Å². The van der Waals surface area contributed by atoms with Gasteiger partial charge < -0.3 is 18.3 Å². The van der Waals surface area contributed by atoms with E-state index in [1.165, 1.54) is 121 Å². The molecule has 0 amide bonds. The molecule has 22 aromatic rings. The molecule has 0 fully saturated rings. The normalized spacial score (nSPS) is 14.5. The molecule has 4 aliphatic rings. The highest BCUT2D eigenvalue weighted by atomic mass is 15.1. The lowest BCUT2D eigenvalue weighted by Gasteiger charge is -2.23. The minimum absolute atomic E-state index is 0.235. The van der Waals surface area contributed by atoms with E-state index in [1.54, 1.807) is 0 Å². The van der Waals surface area contributed by atoms with Gasteiger partial charge in [0.25, 0.3) is 0 Å². The van der Waals surface area contributed by atoms with E-state index in [-0.39, 0.29) is 21.7 Å². The molecule has 586 valence electrons. The Morgan fingerprint density at radius 2 is 0.452 bits per heavy atom. The van der Waals surface area contributed by atoms with Crippen molar-refractivity contribution in [3.8, 4) is 124 Å². The van der Waals surface area contributed by atoms with Crippen molar-refractivity contribution in [3.63, 3.8) is 0 Å². The van der Waals surface area contributed by atoms with Crippen molar-refractivity contribution in [3.05, 3.63) is 391 Å². The Morgan fingerprint density at radius 3 is 0.774 bits per heavy atom. The van der Waals surface area contributed by atoms with Crippen LogP contribution in [0.5, 0.6) is 0 Å². The average Bonchev–Trinajstić information content (AvgIpc) is 1.55. The zero-order chi connectivity index (χ0) is 82.7. The van der Waals surface area contributed by atoms with Crippen molar-refractivity contribution in [2.45, 2.75) is 77.0 Å². The molecule has 15 aromatic carbocycles. The first kappa shape index (κ1) is 70.6. The summed E-state index contributed by atoms with van der Waals surface area (Å²) in [7, 11) is 0. The predicted molar refractivity (Wildman–Crippen MR) is 510 cm³/mol. The zero-order valence-corrected chi connectivity index (χ0v) is 69.9. The maximum absolute atomic E-state index is 5.87. The summed E-state index contributed by atoms with van der Waals surface area (Å²) in [5, 5.41) is 9.44. The fourth-order valence-electron chi connectivity index (χ4n) is 22.8. The molecule has 0 saturated heterocycles. The Bertz CT molecular complexity index is 8030. The van der Waals surface area contributed by atoms with Crippen molar-refractivity contribution in [1.29, 1.82) is 0 Å². The molecule has 26 rings (SSSR count). The number of aromatic nitrogens is 9. The lowest BCUT2D eigenvalue weighted by Crippen LogP contribution is -2.15. The highest BCUT2D eigenvalue weighted by molar-refractivity contribution is 6.17. The van der Waals surface area contributed by atoms with Crippen molar-refractivity contribution in [2.75, 3.05) is 0 Å². The Labute approximate surface area is 717 Å². The number of hydrogen-bond donors (Lipinski definition) is 0. The van der Waals surface area contributed by atoms with Crippen LogP contribution >= 0.6 is 0 Å². The van der Waals surface area contributed by atoms with Gasteiger partial charge in [-0.3, -0.25) is 9.97 Å². The molecule has 0 saturated carbocycles. The fraction of sp³-hybridized carbons (Fsp3) is 0.104. The number of pyridine rings is 2. The van der Waals surface area contributed by atoms with Crippen molar-refractivity contribution >= 4 is 87.2 Å². The number of nitrogens with zero attached hydrogens (tertiary/aromatic N) is 9. The van der Waals surface area contributed by atoms with Gasteiger partial charge in [-0.1, -0.05) is 280 Å². The summed E-state index contributed by atoms with van der Waals surface area (Å²) in [6.45, 7) is 19.0. The Morgan fingerprint density at radius 1 is 0.185 bits per heavy atom. The molecule has 0 radical (unpaired) electrons. The second kappa shape index (κ2) is 25.2. The van der Waals surface area contributed by atoms with E-state index in [2.05, 4.69) is 408 Å². The molecule has 0 spiro atoms. The van der Waals surface area contributed by atoms with Gasteiger partial charge in [-0.25, -0.2) is 15.0 Å². The van der Waals surface area contributed by atoms with Crippen molar-refractivity contribution < 1.29 is 0 Å². The number of rotatable bonds is 9. The molecule has 0 unspecified atom stereocenters. The molecule has 0 atom stereocenters. The third-order valence-corrected chi connectivity index (χ3v) is 28.8. The Hall–Kier alpha value is -15.2. The lowest BCUT2D eigenvalue weighted by molar-refractivity contribution is 0.661. The third kappa shape index (κ3) is 9.61. The van der Waals surface area contributed by atoms with E-state index in [0.717, 1.165) is 117 Å². The Balaban J connectivity index is 0.725. The molecule has 9 nitrogen and oxygen atoms in total. The fourth-order valence-corrected chi connectivity index (χ4v) is 22.8. The standard InChI is InChI=1S/C115H81N9/c1-112(2)89-38-20-12-30-69(89)81-56-85-73-34-16-24-42-97(73)121(103(85)60-93(81)112)101-54-67(46-48-77(101)79-50-52-116-64-107(79)123-99-44-26-18-36-75(99)87-58-83-71-32-14-22-40-91(71)114(5,6)95(83)62-105(87)123)110-118-109(66-28-10-9-11-29-66)119-111(120-110)68-47-49-78(102(55-68)122-98-43-25-17-35-74(98)86-57-82-70-31-13-21-39-90(70)113(3,4)94(82)61-104(86)122)80-51-53-117-65-108(80)124-100-45-27-19-37-76(100)88-59-84-72-33-15-23-41-92(72)115(7,8)96(84)63-106(88)124/h9-65H,1-8H3. The summed E-state index contributed by atoms with van der Waals surface area (Å²) in [4.78, 5) is 27.4. The minimum atomic E-state index is -0.284. The second-order valence-electron chi connectivity index (χ2n) is 36.7. The summed E-state index contributed by atoms with van der Waals surface area (Å²) in [5.41, 5.74) is 39.1. The summed E-state index contributed by atoms with van der Waals surface area (Å²) in [6, 6.07) is 120. The molecule has 7 aromatic heterocycles. The van der Waals surface area contributed by atoms with Crippen LogP contribution in [0, 0.1) is 0 Å². The van der Waals surface area contributed by atoms with E-state index >= 15 is 0 Å². The molecule has 7 heterocycles. The van der Waals surface area contributed by atoms with E-state index in [4.69, 9.17) is 24.9 Å². The van der Waals surface area contributed by atoms with Gasteiger partial charge >= 0.3 is 0 Å². The quantitative estimate of drug-likeness (QED) is 0.144. The van der Waals surface area contributed by atoms with Crippen LogP contribution in [0.15, 0.2) is 346 Å². The van der Waals surface area contributed by atoms with Crippen LogP contribution in [0.3, 0.4) is 0 Å². The van der Waals surface area contributed by atoms with Crippen LogP contribution in [0.25, 0.3) is 211 Å². The first-order valence-electron chi connectivity index (χ1n) is 43.3. The number of para-hydroxylation sites is 4. The molecule has 0 aliphatic heterocycles. The van der Waals surface area contributed by atoms with Gasteiger partial charge in [0.1, 0.15) is 0 Å². The first-order chi connectivity index (χ1) is 60.5. The highest BCUT2D eigenvalue weighted by Gasteiger charge is 2.42. The number of benzene rings is 15. The smallest absolute Gasteiger partial charge is 0.164 e. The lowest BCUT2D eigenvalue weighted by atomic mass is 9.82. The highest BCUT2D eigenvalue weighted by Crippen LogP contribution is 2.58. The van der Waals surface area contributed by atoms with Crippen LogP contribution in [-0.2, 0) is 21.7 Å². The predicted octanol–water partition coefficient (Wildman–Crippen LogP) is 28.6. The monoisotopic (exact) mass is 1590 g/mol. The van der Waals surface area contributed by atoms with Gasteiger partial charge in [-0.15, -0.1) is 0 Å². The maximum atomic E-state index is 5.87. The van der Waals surface area contributed by atoms with Crippen LogP contribution in [0.1, 0.15) is 99.9 Å². The molecule has 0 bridgehead atoms. The van der Waals surface area contributed by atoms with E-state index in [0.29, 0.717) is 17.5 Å². The van der Waals surface area contributed by atoms with Crippen molar-refractivity contribution in [2.24, 2.45) is 0 Å². The molecule has 124 heavy (non-hydrogen) atoms. The van der Waals surface area contributed by atoms with E-state index < -0.39 is 0 Å². The topological polar surface area (TPSA) is 84.2 Å². The molecule has 9 heteroatoms. The van der Waals surface area contributed by atoms with E-state index in [1.807, 2.05) is 12.4 Å². The average molecular weight is 1590 g/mol. The van der Waals surface area contributed by atoms with Gasteiger partial charge in [-0.2, -0.15) is 0 Å². The third-order valence-electron chi connectivity index (χ3n) is 28.8. The van der Waals surface area contributed by atoms with Crippen LogP contribution in [0.2, 0.25) is 0 Å². The van der Waals surface area contributed by atoms with E-state index in [9.17, 15) is 0 Å². The second-order valence-corrected chi connectivity index (χ2v) is 36.7. The number of fused-ring (bicyclic) bond motifs is 24. The number of hydrogen-bond acceptors (Lipinski definition) is 5. The molecular weight excluding hydrogens is 1510 g/mol. The summed E-state index contributed by atoms with van der Waals surface area (Å²) < 4.78 is 10.00. The van der Waals surface area contributed by atoms with Gasteiger partial charge in [-0.05, 0) is 186 Å². The zero-order valence-electron chi connectivity index (χ0n) is 69.9. The summed E-state index contributed by atoms with van der Waals surface area (Å²) in [5.74, 6) is 1.62. The first-order valence-corrected chi connectivity index (χ1v) is 43.3. The maximum Gasteiger partial charge on any atom is 0.164 e. The largest absolute Gasteiger partial charge is 0.309 e. The van der Waals surface area contributed by atoms with Gasteiger partial charge in [0.15, 0.2) is 17.5 Å². The van der Waals surface area contributed by atoms with Crippen molar-refractivity contribution in [1.82, 2.24) is 43.2 Å². The summed E-state index contributed by atoms with van der Waals surface area (Å²) in [6.07, 6.45) is 8.07. The van der Waals surface area contributed by atoms with Crippen LogP contribution in [-0.4, -0.2) is 43.2 Å². The molecular formula is C115H81N9. The molecule has 4 aliphatic carbocycles. The Kier molecular flexibility index (Phi) is 14.4. The minimum Gasteiger partial charge on any atom is -0.309 e. The van der Waals surface area contributed by atoms with Gasteiger partial charge in [0.2, 0.25) is 0 Å². The SMILES string of the molecule is CC1(C)c2ccccc2-c2cc3c4ccccc4n(-c4cnccc4-c4ccc(-c5nc(-c6ccccc6)nc(-c6ccc(-c7ccncc7-n7c8ccccc8c8cc9c(cc87)C(C)(C)c7ccccc7-9)c(-n7c8ccccc8c8cc9c(cc87)C(C)(C)c7ccccc7-9)c6)n5)cc4-n4c5ccccc5c5cc6c(cc54)C(C)(C)c4ccccc4-6)c3cc21. The van der Waals surface area contributed by atoms with Gasteiger partial charge in [0.05, 0.1) is 79.3 Å². The van der Waals surface area contributed by atoms with Crippen LogP contribution in [0.4, 0.5) is 0 Å². The molecule has 0 N–H and O–H groups in total.